The van der Waals surface area contributed by atoms with Gasteiger partial charge in [-0.25, -0.2) is 0 Å². The zero-order valence-electron chi connectivity index (χ0n) is 6.15. The first-order valence-corrected chi connectivity index (χ1v) is 3.74. The fraction of sp³-hybridized carbons (Fsp3) is 0. The van der Waals surface area contributed by atoms with Crippen molar-refractivity contribution in [1.82, 2.24) is 5.32 Å². The van der Waals surface area contributed by atoms with E-state index in [4.69, 9.17) is 0 Å². The van der Waals surface area contributed by atoms with E-state index in [1.54, 1.807) is 30.3 Å². The van der Waals surface area contributed by atoms with Gasteiger partial charge in [-0.1, -0.05) is 30.8 Å². The first kappa shape index (κ1) is 8.80. The van der Waals surface area contributed by atoms with Crippen molar-refractivity contribution in [1.29, 1.82) is 0 Å². The summed E-state index contributed by atoms with van der Waals surface area (Å²) in [7, 11) is 0. The van der Waals surface area contributed by atoms with Crippen molar-refractivity contribution in [2.45, 2.75) is 0 Å². The Balaban J connectivity index is 2.73. The molecule has 1 rings (SSSR count). The number of hydrogen-bond donors (Lipinski definition) is 2. The topological polar surface area (TPSA) is 46.2 Å². The maximum Gasteiger partial charge on any atom is 0.282 e. The molecule has 1 aromatic rings. The number of hydrogen-bond acceptors (Lipinski definition) is 2. The summed E-state index contributed by atoms with van der Waals surface area (Å²) in [4.78, 5) is 21.4. The quantitative estimate of drug-likeness (QED) is 0.644. The van der Waals surface area contributed by atoms with Crippen LogP contribution >= 0.6 is 12.6 Å². The zero-order valence-corrected chi connectivity index (χ0v) is 7.04. The highest BCUT2D eigenvalue weighted by Gasteiger charge is 2.05. The second-order valence-electron chi connectivity index (χ2n) is 2.13. The summed E-state index contributed by atoms with van der Waals surface area (Å²) in [6, 6.07) is 8.47. The van der Waals surface area contributed by atoms with Crippen LogP contribution < -0.4 is 5.32 Å². The van der Waals surface area contributed by atoms with Crippen LogP contribution in [0.3, 0.4) is 0 Å². The van der Waals surface area contributed by atoms with Gasteiger partial charge < -0.3 is 0 Å². The molecule has 0 spiro atoms. The van der Waals surface area contributed by atoms with E-state index in [-0.39, 0.29) is 0 Å². The summed E-state index contributed by atoms with van der Waals surface area (Å²) in [5, 5.41) is 1.40. The van der Waals surface area contributed by atoms with Crippen LogP contribution in [0.25, 0.3) is 0 Å². The SMILES string of the molecule is O=C(S)NC(=O)c1ccccc1. The molecule has 12 heavy (non-hydrogen) atoms. The Kier molecular flexibility index (Phi) is 2.88. The van der Waals surface area contributed by atoms with Gasteiger partial charge in [0, 0.05) is 5.56 Å². The number of nitrogens with one attached hydrogen (secondary N) is 1. The lowest BCUT2D eigenvalue weighted by molar-refractivity contribution is 0.0969. The van der Waals surface area contributed by atoms with Crippen LogP contribution in [0.1, 0.15) is 10.4 Å². The third-order valence-corrected chi connectivity index (χ3v) is 1.37. The molecule has 1 aromatic carbocycles. The number of carbonyl (C=O) groups is 2. The molecule has 0 saturated carbocycles. The van der Waals surface area contributed by atoms with Crippen LogP contribution in [0.5, 0.6) is 0 Å². The van der Waals surface area contributed by atoms with E-state index in [0.29, 0.717) is 5.56 Å². The first-order valence-electron chi connectivity index (χ1n) is 3.29. The van der Waals surface area contributed by atoms with E-state index >= 15 is 0 Å². The van der Waals surface area contributed by atoms with Crippen LogP contribution in [0.2, 0.25) is 0 Å². The van der Waals surface area contributed by atoms with Crippen molar-refractivity contribution in [3.8, 4) is 0 Å². The van der Waals surface area contributed by atoms with Crippen molar-refractivity contribution in [2.75, 3.05) is 0 Å². The summed E-state index contributed by atoms with van der Waals surface area (Å²) in [6.45, 7) is 0. The molecule has 0 bridgehead atoms. The van der Waals surface area contributed by atoms with Gasteiger partial charge in [-0.2, -0.15) is 0 Å². The molecule has 0 fully saturated rings. The summed E-state index contributed by atoms with van der Waals surface area (Å²) >= 11 is 3.42. The zero-order chi connectivity index (χ0) is 8.97. The number of thiol groups is 1. The standard InChI is InChI=1S/C8H7NO2S/c10-7(9-8(11)12)6-4-2-1-3-5-6/h1-5H,(H2,9,10,11,12). The third-order valence-electron chi connectivity index (χ3n) is 1.26. The van der Waals surface area contributed by atoms with Crippen LogP contribution in [-0.4, -0.2) is 11.1 Å². The summed E-state index contributed by atoms with van der Waals surface area (Å²) in [6.07, 6.45) is 0. The molecule has 0 aromatic heterocycles. The molecule has 2 amide bonds. The maximum atomic E-state index is 11.1. The lowest BCUT2D eigenvalue weighted by Crippen LogP contribution is -2.25. The number of amides is 2. The molecular weight excluding hydrogens is 174 g/mol. The van der Waals surface area contributed by atoms with Crippen LogP contribution in [-0.2, 0) is 0 Å². The molecule has 1 N–H and O–H groups in total. The van der Waals surface area contributed by atoms with E-state index in [0.717, 1.165) is 0 Å². The van der Waals surface area contributed by atoms with E-state index < -0.39 is 11.1 Å². The average Bonchev–Trinajstić information content (AvgIpc) is 2.05. The van der Waals surface area contributed by atoms with Gasteiger partial charge in [0.2, 0.25) is 0 Å². The largest absolute Gasteiger partial charge is 0.283 e. The monoisotopic (exact) mass is 181 g/mol. The summed E-state index contributed by atoms with van der Waals surface area (Å²) in [5.41, 5.74) is 0.444. The summed E-state index contributed by atoms with van der Waals surface area (Å²) < 4.78 is 0. The van der Waals surface area contributed by atoms with Gasteiger partial charge >= 0.3 is 0 Å². The molecular formula is C8H7NO2S. The molecule has 0 atom stereocenters. The van der Waals surface area contributed by atoms with E-state index in [1.807, 2.05) is 5.32 Å². The van der Waals surface area contributed by atoms with Gasteiger partial charge in [-0.3, -0.25) is 14.9 Å². The predicted molar refractivity (Wildman–Crippen MR) is 48.3 cm³/mol. The van der Waals surface area contributed by atoms with Crippen molar-refractivity contribution in [2.24, 2.45) is 0 Å². The maximum absolute atomic E-state index is 11.1. The van der Waals surface area contributed by atoms with Gasteiger partial charge in [0.25, 0.3) is 11.1 Å². The van der Waals surface area contributed by atoms with E-state index in [2.05, 4.69) is 12.6 Å². The number of rotatable bonds is 1. The fourth-order valence-corrected chi connectivity index (χ4v) is 0.860. The molecule has 0 unspecified atom stereocenters. The molecule has 0 saturated heterocycles. The Morgan fingerprint density at radius 3 is 2.25 bits per heavy atom. The summed E-state index contributed by atoms with van der Waals surface area (Å²) in [5.74, 6) is -0.435. The molecule has 4 heteroatoms. The van der Waals surface area contributed by atoms with Crippen LogP contribution in [0.15, 0.2) is 30.3 Å². The Morgan fingerprint density at radius 1 is 1.17 bits per heavy atom. The van der Waals surface area contributed by atoms with Gasteiger partial charge in [0.1, 0.15) is 0 Å². The lowest BCUT2D eigenvalue weighted by Gasteiger charge is -1.98. The van der Waals surface area contributed by atoms with Gasteiger partial charge in [-0.05, 0) is 12.1 Å². The highest BCUT2D eigenvalue weighted by atomic mass is 32.1. The van der Waals surface area contributed by atoms with Crippen LogP contribution in [0.4, 0.5) is 4.79 Å². The molecule has 0 heterocycles. The van der Waals surface area contributed by atoms with Gasteiger partial charge in [0.05, 0.1) is 0 Å². The highest BCUT2D eigenvalue weighted by molar-refractivity contribution is 7.96. The molecule has 3 nitrogen and oxygen atoms in total. The Hall–Kier alpha value is -1.29. The highest BCUT2D eigenvalue weighted by Crippen LogP contribution is 1.97. The minimum Gasteiger partial charge on any atom is -0.283 e. The third kappa shape index (κ3) is 2.39. The number of imide groups is 1. The average molecular weight is 181 g/mol. The van der Waals surface area contributed by atoms with Crippen molar-refractivity contribution >= 4 is 23.8 Å². The molecule has 0 aliphatic carbocycles. The van der Waals surface area contributed by atoms with Gasteiger partial charge in [-0.15, -0.1) is 0 Å². The van der Waals surface area contributed by atoms with E-state index in [1.165, 1.54) is 0 Å². The number of carbonyl (C=O) groups excluding carboxylic acids is 2. The Morgan fingerprint density at radius 2 is 1.75 bits per heavy atom. The fourth-order valence-electron chi connectivity index (χ4n) is 0.759. The first-order chi connectivity index (χ1) is 5.70. The van der Waals surface area contributed by atoms with Crippen molar-refractivity contribution in [3.05, 3.63) is 35.9 Å². The molecule has 0 aliphatic rings. The second-order valence-corrected chi connectivity index (χ2v) is 2.53. The van der Waals surface area contributed by atoms with Gasteiger partial charge in [0.15, 0.2) is 0 Å². The lowest BCUT2D eigenvalue weighted by atomic mass is 10.2. The second kappa shape index (κ2) is 3.92. The van der Waals surface area contributed by atoms with E-state index in [9.17, 15) is 9.59 Å². The smallest absolute Gasteiger partial charge is 0.282 e. The molecule has 62 valence electrons. The molecule has 0 aliphatic heterocycles. The van der Waals surface area contributed by atoms with Crippen molar-refractivity contribution in [3.63, 3.8) is 0 Å². The normalized spacial score (nSPS) is 9.08. The minimum atomic E-state index is -0.649. The Bertz CT molecular complexity index is 297. The number of benzene rings is 1. The Labute approximate surface area is 75.2 Å². The predicted octanol–water partition coefficient (Wildman–Crippen LogP) is 1.47. The van der Waals surface area contributed by atoms with Crippen molar-refractivity contribution < 1.29 is 9.59 Å². The minimum absolute atomic E-state index is 0.435. The van der Waals surface area contributed by atoms with Crippen LogP contribution in [0, 0.1) is 0 Å². The molecule has 0 radical (unpaired) electrons.